The summed E-state index contributed by atoms with van der Waals surface area (Å²) in [4.78, 5) is 0.438. The van der Waals surface area contributed by atoms with Crippen LogP contribution in [0.1, 0.15) is 36.8 Å². The molecule has 1 aliphatic heterocycles. The monoisotopic (exact) mass is 309 g/mol. The lowest BCUT2D eigenvalue weighted by molar-refractivity contribution is 0.259. The smallest absolute Gasteiger partial charge is 0.243 e. The van der Waals surface area contributed by atoms with Gasteiger partial charge in [-0.1, -0.05) is 6.07 Å². The molecule has 1 unspecified atom stereocenters. The van der Waals surface area contributed by atoms with Crippen LogP contribution < -0.4 is 0 Å². The Labute approximate surface area is 126 Å². The second kappa shape index (κ2) is 6.07. The highest BCUT2D eigenvalue weighted by molar-refractivity contribution is 7.89. The van der Waals surface area contributed by atoms with Crippen LogP contribution in [0.15, 0.2) is 23.1 Å². The summed E-state index contributed by atoms with van der Waals surface area (Å²) >= 11 is 0. The average molecular weight is 309 g/mol. The van der Waals surface area contributed by atoms with Gasteiger partial charge in [0.25, 0.3) is 0 Å². The minimum atomic E-state index is -3.37. The van der Waals surface area contributed by atoms with Crippen LogP contribution in [-0.4, -0.2) is 37.5 Å². The number of aliphatic hydroxyl groups is 1. The van der Waals surface area contributed by atoms with E-state index in [4.69, 9.17) is 5.11 Å². The molecular formula is C16H23NO3S. The molecule has 1 aromatic rings. The number of nitrogens with zero attached hydrogens (tertiary/aromatic N) is 1. The number of hydrogen-bond donors (Lipinski definition) is 1. The maximum atomic E-state index is 12.7. The van der Waals surface area contributed by atoms with E-state index >= 15 is 0 Å². The third-order valence-electron chi connectivity index (χ3n) is 4.74. The zero-order valence-corrected chi connectivity index (χ0v) is 13.1. The highest BCUT2D eigenvalue weighted by Crippen LogP contribution is 2.29. The fourth-order valence-electron chi connectivity index (χ4n) is 3.45. The number of aliphatic hydroxyl groups excluding tert-OH is 1. The molecule has 5 heteroatoms. The van der Waals surface area contributed by atoms with Crippen LogP contribution in [0.25, 0.3) is 0 Å². The molecule has 3 rings (SSSR count). The lowest BCUT2D eigenvalue weighted by Gasteiger charge is -2.20. The zero-order valence-electron chi connectivity index (χ0n) is 12.3. The summed E-state index contributed by atoms with van der Waals surface area (Å²) in [6.07, 6.45) is 5.96. The van der Waals surface area contributed by atoms with Gasteiger partial charge >= 0.3 is 0 Å². The summed E-state index contributed by atoms with van der Waals surface area (Å²) in [5, 5.41) is 9.00. The van der Waals surface area contributed by atoms with Crippen molar-refractivity contribution in [1.29, 1.82) is 0 Å². The molecule has 0 spiro atoms. The molecule has 1 heterocycles. The van der Waals surface area contributed by atoms with Crippen molar-refractivity contribution < 1.29 is 13.5 Å². The van der Waals surface area contributed by atoms with Gasteiger partial charge in [-0.2, -0.15) is 4.31 Å². The Bertz CT molecular complexity index is 612. The summed E-state index contributed by atoms with van der Waals surface area (Å²) in [7, 11) is -3.37. The Kier molecular flexibility index (Phi) is 4.33. The summed E-state index contributed by atoms with van der Waals surface area (Å²) in [6.45, 7) is 1.25. The highest BCUT2D eigenvalue weighted by atomic mass is 32.2. The third kappa shape index (κ3) is 3.00. The first-order chi connectivity index (χ1) is 10.1. The second-order valence-corrected chi connectivity index (χ2v) is 8.11. The van der Waals surface area contributed by atoms with Crippen LogP contribution in [0.4, 0.5) is 0 Å². The van der Waals surface area contributed by atoms with Crippen molar-refractivity contribution in [1.82, 2.24) is 4.31 Å². The summed E-state index contributed by atoms with van der Waals surface area (Å²) in [5.41, 5.74) is 2.51. The van der Waals surface area contributed by atoms with E-state index in [1.54, 1.807) is 10.4 Å². The fourth-order valence-corrected chi connectivity index (χ4v) is 5.04. The maximum absolute atomic E-state index is 12.7. The lowest BCUT2D eigenvalue weighted by Crippen LogP contribution is -2.29. The molecular weight excluding hydrogens is 286 g/mol. The molecule has 116 valence electrons. The second-order valence-electron chi connectivity index (χ2n) is 6.17. The predicted molar refractivity (Wildman–Crippen MR) is 81.7 cm³/mol. The van der Waals surface area contributed by atoms with Crippen molar-refractivity contribution in [2.24, 2.45) is 5.92 Å². The van der Waals surface area contributed by atoms with Gasteiger partial charge in [0.2, 0.25) is 10.0 Å². The zero-order chi connectivity index (χ0) is 14.9. The van der Waals surface area contributed by atoms with E-state index < -0.39 is 10.0 Å². The van der Waals surface area contributed by atoms with Gasteiger partial charge in [-0.15, -0.1) is 0 Å². The summed E-state index contributed by atoms with van der Waals surface area (Å²) in [6, 6.07) is 5.63. The van der Waals surface area contributed by atoms with Gasteiger partial charge in [0.05, 0.1) is 4.90 Å². The molecule has 1 aromatic carbocycles. The lowest BCUT2D eigenvalue weighted by atomic mass is 9.92. The molecule has 1 aliphatic carbocycles. The van der Waals surface area contributed by atoms with Crippen LogP contribution in [0, 0.1) is 5.92 Å². The fraction of sp³-hybridized carbons (Fsp3) is 0.625. The van der Waals surface area contributed by atoms with Crippen LogP contribution in [0.5, 0.6) is 0 Å². The van der Waals surface area contributed by atoms with E-state index in [-0.39, 0.29) is 6.61 Å². The Morgan fingerprint density at radius 2 is 1.95 bits per heavy atom. The molecule has 0 saturated carbocycles. The molecule has 1 atom stereocenters. The third-order valence-corrected chi connectivity index (χ3v) is 6.60. The molecule has 0 bridgehead atoms. The van der Waals surface area contributed by atoms with Gasteiger partial charge in [-0.25, -0.2) is 8.42 Å². The molecule has 4 nitrogen and oxygen atoms in total. The number of sulfonamides is 1. The van der Waals surface area contributed by atoms with Gasteiger partial charge in [-0.05, 0) is 67.7 Å². The molecule has 0 aromatic heterocycles. The van der Waals surface area contributed by atoms with E-state index in [2.05, 4.69) is 0 Å². The Balaban J connectivity index is 1.82. The van der Waals surface area contributed by atoms with Gasteiger partial charge in [0.1, 0.15) is 0 Å². The van der Waals surface area contributed by atoms with Crippen LogP contribution in [0.3, 0.4) is 0 Å². The molecule has 0 radical (unpaired) electrons. The molecule has 2 aliphatic rings. The van der Waals surface area contributed by atoms with E-state index in [0.29, 0.717) is 30.3 Å². The van der Waals surface area contributed by atoms with Crippen molar-refractivity contribution in [3.05, 3.63) is 29.3 Å². The first-order valence-electron chi connectivity index (χ1n) is 7.84. The van der Waals surface area contributed by atoms with Crippen LogP contribution in [-0.2, 0) is 22.9 Å². The van der Waals surface area contributed by atoms with Crippen molar-refractivity contribution in [3.8, 4) is 0 Å². The van der Waals surface area contributed by atoms with Crippen LogP contribution in [0.2, 0.25) is 0 Å². The SMILES string of the molecule is O=S(=O)(c1ccc2c(c1)CCCC2)N1CCC(CCO)C1. The average Bonchev–Trinajstić information content (AvgIpc) is 2.96. The standard InChI is InChI=1S/C16H23NO3S/c18-10-8-13-7-9-17(12-13)21(19,20)16-6-5-14-3-1-2-4-15(14)11-16/h5-6,11,13,18H,1-4,7-10,12H2. The van der Waals surface area contributed by atoms with E-state index in [1.807, 2.05) is 12.1 Å². The Morgan fingerprint density at radius 1 is 1.19 bits per heavy atom. The molecule has 0 amide bonds. The topological polar surface area (TPSA) is 57.6 Å². The van der Waals surface area contributed by atoms with E-state index in [1.165, 1.54) is 17.5 Å². The van der Waals surface area contributed by atoms with Crippen LogP contribution >= 0.6 is 0 Å². The van der Waals surface area contributed by atoms with Crippen molar-refractivity contribution >= 4 is 10.0 Å². The molecule has 1 fully saturated rings. The summed E-state index contributed by atoms with van der Waals surface area (Å²) < 4.78 is 27.0. The maximum Gasteiger partial charge on any atom is 0.243 e. The quantitative estimate of drug-likeness (QED) is 0.925. The van der Waals surface area contributed by atoms with E-state index in [0.717, 1.165) is 25.7 Å². The molecule has 1 N–H and O–H groups in total. The highest BCUT2D eigenvalue weighted by Gasteiger charge is 2.32. The number of rotatable bonds is 4. The molecule has 1 saturated heterocycles. The van der Waals surface area contributed by atoms with Gasteiger partial charge in [0, 0.05) is 19.7 Å². The van der Waals surface area contributed by atoms with Gasteiger partial charge in [-0.3, -0.25) is 0 Å². The van der Waals surface area contributed by atoms with Gasteiger partial charge in [0.15, 0.2) is 0 Å². The number of aryl methyl sites for hydroxylation is 2. The normalized spacial score (nSPS) is 23.2. The molecule has 21 heavy (non-hydrogen) atoms. The van der Waals surface area contributed by atoms with E-state index in [9.17, 15) is 8.42 Å². The minimum absolute atomic E-state index is 0.136. The first-order valence-corrected chi connectivity index (χ1v) is 9.28. The van der Waals surface area contributed by atoms with Crippen molar-refractivity contribution in [2.45, 2.75) is 43.4 Å². The number of fused-ring (bicyclic) bond motifs is 1. The number of benzene rings is 1. The first kappa shape index (κ1) is 15.0. The van der Waals surface area contributed by atoms with Gasteiger partial charge < -0.3 is 5.11 Å². The number of hydrogen-bond acceptors (Lipinski definition) is 3. The predicted octanol–water partition coefficient (Wildman–Crippen LogP) is 1.96. The Morgan fingerprint density at radius 3 is 2.71 bits per heavy atom. The van der Waals surface area contributed by atoms with Crippen molar-refractivity contribution in [3.63, 3.8) is 0 Å². The minimum Gasteiger partial charge on any atom is -0.396 e. The van der Waals surface area contributed by atoms with Crippen molar-refractivity contribution in [2.75, 3.05) is 19.7 Å². The summed E-state index contributed by atoms with van der Waals surface area (Å²) in [5.74, 6) is 0.294. The Hall–Kier alpha value is -0.910. The largest absolute Gasteiger partial charge is 0.396 e.